The molecule has 0 unspecified atom stereocenters. The van der Waals surface area contributed by atoms with Gasteiger partial charge in [-0.1, -0.05) is 30.7 Å². The number of hydrogen-bond donors (Lipinski definition) is 0. The Labute approximate surface area is 144 Å². The van der Waals surface area contributed by atoms with Crippen LogP contribution in [0.5, 0.6) is 0 Å². The number of likely N-dealkylation sites (tertiary alicyclic amines) is 1. The third-order valence-electron chi connectivity index (χ3n) is 4.90. The molecule has 0 spiro atoms. The zero-order valence-electron chi connectivity index (χ0n) is 14.6. The van der Waals surface area contributed by atoms with Crippen molar-refractivity contribution in [3.8, 4) is 0 Å². The first-order chi connectivity index (χ1) is 11.7. The zero-order valence-corrected chi connectivity index (χ0v) is 14.6. The van der Waals surface area contributed by atoms with Crippen LogP contribution in [0.4, 0.5) is 0 Å². The molecule has 0 radical (unpaired) electrons. The standard InChI is InChI=1S/C19H28N2O3/c1-23-19(22)18-15-21(11-12-24-18)14-17-7-5-16(6-8-17)13-20-9-3-2-4-10-20/h5-8,18H,2-4,9-15H2,1H3/t18-/m0/s1. The molecule has 132 valence electrons. The highest BCUT2D eigenvalue weighted by Crippen LogP contribution is 2.15. The van der Waals surface area contributed by atoms with E-state index in [1.807, 2.05) is 0 Å². The molecule has 3 rings (SSSR count). The average molecular weight is 332 g/mol. The second kappa shape index (κ2) is 8.60. The van der Waals surface area contributed by atoms with Crippen molar-refractivity contribution in [1.82, 2.24) is 9.80 Å². The van der Waals surface area contributed by atoms with Crippen LogP contribution in [-0.2, 0) is 27.4 Å². The van der Waals surface area contributed by atoms with E-state index in [4.69, 9.17) is 9.47 Å². The van der Waals surface area contributed by atoms with Crippen LogP contribution in [0.25, 0.3) is 0 Å². The Kier molecular flexibility index (Phi) is 6.24. The van der Waals surface area contributed by atoms with Gasteiger partial charge in [0.1, 0.15) is 0 Å². The van der Waals surface area contributed by atoms with Crippen molar-refractivity contribution in [3.05, 3.63) is 35.4 Å². The van der Waals surface area contributed by atoms with E-state index in [0.717, 1.165) is 19.6 Å². The van der Waals surface area contributed by atoms with Crippen molar-refractivity contribution >= 4 is 5.97 Å². The lowest BCUT2D eigenvalue weighted by atomic mass is 10.1. The Morgan fingerprint density at radius 3 is 2.29 bits per heavy atom. The molecule has 2 saturated heterocycles. The third-order valence-corrected chi connectivity index (χ3v) is 4.90. The number of rotatable bonds is 5. The van der Waals surface area contributed by atoms with Crippen molar-refractivity contribution < 1.29 is 14.3 Å². The summed E-state index contributed by atoms with van der Waals surface area (Å²) in [7, 11) is 1.41. The minimum atomic E-state index is -0.456. The molecule has 0 N–H and O–H groups in total. The molecule has 0 saturated carbocycles. The van der Waals surface area contributed by atoms with E-state index in [0.29, 0.717) is 13.2 Å². The number of nitrogens with zero attached hydrogens (tertiary/aromatic N) is 2. The highest BCUT2D eigenvalue weighted by atomic mass is 16.6. The number of morpholine rings is 1. The van der Waals surface area contributed by atoms with E-state index in [1.165, 1.54) is 50.6 Å². The van der Waals surface area contributed by atoms with Crippen molar-refractivity contribution in [2.45, 2.75) is 38.5 Å². The molecule has 0 bridgehead atoms. The SMILES string of the molecule is COC(=O)[C@@H]1CN(Cc2ccc(CN3CCCCC3)cc2)CCO1. The minimum Gasteiger partial charge on any atom is -0.467 e. The maximum Gasteiger partial charge on any atom is 0.336 e. The fraction of sp³-hybridized carbons (Fsp3) is 0.632. The molecule has 2 aliphatic heterocycles. The second-order valence-electron chi connectivity index (χ2n) is 6.77. The van der Waals surface area contributed by atoms with Crippen LogP contribution < -0.4 is 0 Å². The number of piperidine rings is 1. The Bertz CT molecular complexity index is 526. The van der Waals surface area contributed by atoms with Crippen LogP contribution >= 0.6 is 0 Å². The summed E-state index contributed by atoms with van der Waals surface area (Å²) in [6.07, 6.45) is 3.58. The van der Waals surface area contributed by atoms with Gasteiger partial charge in [0.05, 0.1) is 13.7 Å². The summed E-state index contributed by atoms with van der Waals surface area (Å²) < 4.78 is 10.3. The van der Waals surface area contributed by atoms with Crippen LogP contribution in [0.1, 0.15) is 30.4 Å². The number of carbonyl (C=O) groups excluding carboxylic acids is 1. The Hall–Kier alpha value is -1.43. The first-order valence-electron chi connectivity index (χ1n) is 8.96. The normalized spacial score (nSPS) is 23.1. The van der Waals surface area contributed by atoms with Gasteiger partial charge in [0.25, 0.3) is 0 Å². The van der Waals surface area contributed by atoms with Crippen molar-refractivity contribution in [1.29, 1.82) is 0 Å². The summed E-state index contributed by atoms with van der Waals surface area (Å²) in [4.78, 5) is 16.4. The third kappa shape index (κ3) is 4.79. The minimum absolute atomic E-state index is 0.281. The molecule has 1 aromatic carbocycles. The summed E-state index contributed by atoms with van der Waals surface area (Å²) in [6.45, 7) is 6.38. The Morgan fingerprint density at radius 1 is 1.04 bits per heavy atom. The van der Waals surface area contributed by atoms with E-state index in [9.17, 15) is 4.79 Å². The van der Waals surface area contributed by atoms with Gasteiger partial charge in [-0.2, -0.15) is 0 Å². The van der Waals surface area contributed by atoms with Gasteiger partial charge in [0, 0.05) is 26.2 Å². The van der Waals surface area contributed by atoms with Gasteiger partial charge in [-0.15, -0.1) is 0 Å². The number of methoxy groups -OCH3 is 1. The molecule has 2 fully saturated rings. The number of carbonyl (C=O) groups is 1. The molecule has 0 aliphatic carbocycles. The average Bonchev–Trinajstić information content (AvgIpc) is 2.64. The first-order valence-corrected chi connectivity index (χ1v) is 8.96. The maximum absolute atomic E-state index is 11.6. The van der Waals surface area contributed by atoms with Gasteiger partial charge >= 0.3 is 5.97 Å². The van der Waals surface area contributed by atoms with Gasteiger partial charge in [-0.25, -0.2) is 4.79 Å². The van der Waals surface area contributed by atoms with Crippen LogP contribution in [0, 0.1) is 0 Å². The zero-order chi connectivity index (χ0) is 16.8. The van der Waals surface area contributed by atoms with Crippen molar-refractivity contribution in [2.24, 2.45) is 0 Å². The lowest BCUT2D eigenvalue weighted by molar-refractivity contribution is -0.160. The highest BCUT2D eigenvalue weighted by Gasteiger charge is 2.27. The van der Waals surface area contributed by atoms with Crippen LogP contribution in [0.3, 0.4) is 0 Å². The smallest absolute Gasteiger partial charge is 0.336 e. The van der Waals surface area contributed by atoms with E-state index >= 15 is 0 Å². The summed E-state index contributed by atoms with van der Waals surface area (Å²) >= 11 is 0. The predicted molar refractivity (Wildman–Crippen MR) is 92.6 cm³/mol. The monoisotopic (exact) mass is 332 g/mol. The summed E-state index contributed by atoms with van der Waals surface area (Å²) in [6, 6.07) is 8.90. The Balaban J connectivity index is 1.51. The van der Waals surface area contributed by atoms with E-state index in [2.05, 4.69) is 34.1 Å². The van der Waals surface area contributed by atoms with Crippen LogP contribution in [0.2, 0.25) is 0 Å². The lowest BCUT2D eigenvalue weighted by Crippen LogP contribution is -2.46. The summed E-state index contributed by atoms with van der Waals surface area (Å²) in [5, 5.41) is 0. The molecule has 1 atom stereocenters. The molecule has 2 aliphatic rings. The number of hydrogen-bond acceptors (Lipinski definition) is 5. The molecular weight excluding hydrogens is 304 g/mol. The van der Waals surface area contributed by atoms with Gasteiger partial charge in [0.2, 0.25) is 0 Å². The number of ether oxygens (including phenoxy) is 2. The topological polar surface area (TPSA) is 42.0 Å². The van der Waals surface area contributed by atoms with Gasteiger partial charge < -0.3 is 9.47 Å². The molecule has 0 aromatic heterocycles. The maximum atomic E-state index is 11.6. The molecule has 5 heteroatoms. The lowest BCUT2D eigenvalue weighted by Gasteiger charge is -2.31. The molecule has 24 heavy (non-hydrogen) atoms. The second-order valence-corrected chi connectivity index (χ2v) is 6.77. The fourth-order valence-electron chi connectivity index (χ4n) is 3.50. The van der Waals surface area contributed by atoms with Gasteiger partial charge in [-0.3, -0.25) is 9.80 Å². The molecule has 2 heterocycles. The largest absolute Gasteiger partial charge is 0.467 e. The molecule has 1 aromatic rings. The van der Waals surface area contributed by atoms with E-state index in [1.54, 1.807) is 0 Å². The van der Waals surface area contributed by atoms with Crippen molar-refractivity contribution in [2.75, 3.05) is 39.9 Å². The van der Waals surface area contributed by atoms with E-state index in [-0.39, 0.29) is 5.97 Å². The highest BCUT2D eigenvalue weighted by molar-refractivity contribution is 5.74. The van der Waals surface area contributed by atoms with Gasteiger partial charge in [0.15, 0.2) is 6.10 Å². The fourth-order valence-corrected chi connectivity index (χ4v) is 3.50. The first kappa shape index (κ1) is 17.4. The molecule has 0 amide bonds. The van der Waals surface area contributed by atoms with Crippen LogP contribution in [0.15, 0.2) is 24.3 Å². The van der Waals surface area contributed by atoms with Crippen molar-refractivity contribution in [3.63, 3.8) is 0 Å². The predicted octanol–water partition coefficient (Wildman–Crippen LogP) is 2.05. The van der Waals surface area contributed by atoms with E-state index < -0.39 is 6.10 Å². The summed E-state index contributed by atoms with van der Waals surface area (Å²) in [5.41, 5.74) is 2.66. The number of benzene rings is 1. The quantitative estimate of drug-likeness (QED) is 0.772. The Morgan fingerprint density at radius 2 is 1.67 bits per heavy atom. The van der Waals surface area contributed by atoms with Crippen LogP contribution in [-0.4, -0.2) is 61.8 Å². The number of esters is 1. The van der Waals surface area contributed by atoms with Gasteiger partial charge in [-0.05, 0) is 37.1 Å². The summed E-state index contributed by atoms with van der Waals surface area (Å²) in [5.74, 6) is -0.281. The molecule has 5 nitrogen and oxygen atoms in total. The molecular formula is C19H28N2O3.